The summed E-state index contributed by atoms with van der Waals surface area (Å²) in [5.41, 5.74) is -1.93. The van der Waals surface area contributed by atoms with Gasteiger partial charge in [0.1, 0.15) is 0 Å². The molecule has 294 valence electrons. The number of halogens is 6. The number of piperidine rings is 2. The van der Waals surface area contributed by atoms with Gasteiger partial charge in [0.15, 0.2) is 23.0 Å². The lowest BCUT2D eigenvalue weighted by molar-refractivity contribution is -0.148. The fourth-order valence-electron chi connectivity index (χ4n) is 6.62. The first kappa shape index (κ1) is 40.6. The number of aromatic nitrogens is 4. The van der Waals surface area contributed by atoms with Crippen LogP contribution in [0.4, 0.5) is 23.5 Å². The van der Waals surface area contributed by atoms with Crippen LogP contribution in [0.2, 0.25) is 5.28 Å². The number of carbonyl (C=O) groups excluding carboxylic acids is 2. The first-order chi connectivity index (χ1) is 27.0. The molecule has 2 saturated heterocycles. The molecule has 2 fully saturated rings. The Balaban J connectivity index is 0.000000162. The maximum absolute atomic E-state index is 15.5. The average molecular weight is 814 g/mol. The molecule has 2 unspecified atom stereocenters. The lowest BCUT2D eigenvalue weighted by atomic mass is 9.91. The van der Waals surface area contributed by atoms with Crippen molar-refractivity contribution in [3.05, 3.63) is 113 Å². The maximum Gasteiger partial charge on any atom is 0.281 e. The van der Waals surface area contributed by atoms with E-state index in [0.29, 0.717) is 31.9 Å². The van der Waals surface area contributed by atoms with Gasteiger partial charge in [0, 0.05) is 77.1 Å². The number of amides is 2. The Morgan fingerprint density at radius 1 is 0.625 bits per heavy atom. The summed E-state index contributed by atoms with van der Waals surface area (Å²) in [7, 11) is 0. The molecule has 0 bridgehead atoms. The molecule has 6 heterocycles. The predicted molar refractivity (Wildman–Crippen MR) is 203 cm³/mol. The molecule has 0 saturated carbocycles. The number of nitrogens with zero attached hydrogens (tertiary/aromatic N) is 10. The third kappa shape index (κ3) is 9.84. The minimum absolute atomic E-state index is 0.0140. The van der Waals surface area contributed by atoms with Crippen LogP contribution < -0.4 is 4.90 Å². The number of rotatable bonds is 5. The Hall–Kier alpha value is -5.06. The Morgan fingerprint density at radius 3 is 1.43 bits per heavy atom. The van der Waals surface area contributed by atoms with Gasteiger partial charge in [-0.3, -0.25) is 9.59 Å². The van der Waals surface area contributed by atoms with Gasteiger partial charge >= 0.3 is 0 Å². The molecule has 18 heteroatoms. The van der Waals surface area contributed by atoms with E-state index in [1.807, 2.05) is 60.7 Å². The van der Waals surface area contributed by atoms with Crippen LogP contribution in [-0.4, -0.2) is 96.1 Å². The van der Waals surface area contributed by atoms with Gasteiger partial charge in [-0.15, -0.1) is 0 Å². The highest BCUT2D eigenvalue weighted by atomic mass is 35.5. The summed E-state index contributed by atoms with van der Waals surface area (Å²) in [6.45, 7) is 1.30. The molecular weight excluding hydrogens is 775 g/mol. The van der Waals surface area contributed by atoms with E-state index >= 15 is 4.39 Å². The second-order valence-corrected chi connectivity index (χ2v) is 14.2. The summed E-state index contributed by atoms with van der Waals surface area (Å²) in [6.07, 6.45) is 8.95. The van der Waals surface area contributed by atoms with Crippen LogP contribution >= 0.6 is 23.4 Å². The molecule has 12 nitrogen and oxygen atoms in total. The zero-order valence-electron chi connectivity index (χ0n) is 30.0. The van der Waals surface area contributed by atoms with Crippen molar-refractivity contribution in [1.29, 1.82) is 0 Å². The first-order valence-corrected chi connectivity index (χ1v) is 18.6. The molecule has 2 atom stereocenters. The van der Waals surface area contributed by atoms with Crippen molar-refractivity contribution >= 4 is 53.6 Å². The van der Waals surface area contributed by atoms with Crippen LogP contribution in [0, 0.1) is 11.6 Å². The standard InChI is InChI=1S/C19H19F2N5O.C15H17ClFN3O.C4H2ClFN2/c20-15-12-22-18(23-13-15)25-10-7-19(21,8-11-25)17(27)26-16(6-9-24-26)14-4-2-1-3-5-14;16-19-10-7-15(17,8-11-19)14(21)20-13(6-9-18-20)12-4-2-1-3-5-12;5-4-7-1-3(6)2-8-4/h1-5,9,12-13,16H,6-8,10-11H2;1-5,9,13H,6-8,10-11H2;1-2H. The summed E-state index contributed by atoms with van der Waals surface area (Å²) in [5, 5.41) is 10.9. The van der Waals surface area contributed by atoms with Crippen LogP contribution in [0.1, 0.15) is 61.7 Å². The third-order valence-electron chi connectivity index (χ3n) is 9.75. The second kappa shape index (κ2) is 18.3. The summed E-state index contributed by atoms with van der Waals surface area (Å²) in [5.74, 6) is -1.81. The number of carbonyl (C=O) groups is 2. The molecule has 0 aliphatic carbocycles. The van der Waals surface area contributed by atoms with Crippen molar-refractivity contribution in [2.24, 2.45) is 10.2 Å². The number of hydrogen-bond donors (Lipinski definition) is 0. The molecule has 0 N–H and O–H groups in total. The molecule has 2 aromatic carbocycles. The van der Waals surface area contributed by atoms with E-state index in [0.717, 1.165) is 35.9 Å². The first-order valence-electron chi connectivity index (χ1n) is 17.9. The van der Waals surface area contributed by atoms with Crippen LogP contribution in [0.5, 0.6) is 0 Å². The molecule has 56 heavy (non-hydrogen) atoms. The highest BCUT2D eigenvalue weighted by Gasteiger charge is 2.48. The zero-order valence-corrected chi connectivity index (χ0v) is 31.5. The quantitative estimate of drug-likeness (QED) is 0.119. The topological polar surface area (TPSA) is 123 Å². The predicted octanol–water partition coefficient (Wildman–Crippen LogP) is 7.06. The Morgan fingerprint density at radius 2 is 1.02 bits per heavy atom. The molecule has 0 radical (unpaired) electrons. The van der Waals surface area contributed by atoms with Crippen molar-refractivity contribution < 1.29 is 27.2 Å². The monoisotopic (exact) mass is 812 g/mol. The van der Waals surface area contributed by atoms with E-state index < -0.39 is 34.8 Å². The lowest BCUT2D eigenvalue weighted by Crippen LogP contribution is -2.51. The largest absolute Gasteiger partial charge is 0.341 e. The van der Waals surface area contributed by atoms with E-state index in [1.54, 1.807) is 17.3 Å². The van der Waals surface area contributed by atoms with Crippen LogP contribution in [0.25, 0.3) is 0 Å². The zero-order chi connectivity index (χ0) is 39.7. The fourth-order valence-corrected chi connectivity index (χ4v) is 6.89. The SMILES string of the molecule is Fc1cnc(Cl)nc1.O=C(N1N=CCC1c1ccccc1)C1(F)CCN(Cl)CC1.O=C(N1N=CCC1c1ccccc1)C1(F)CCN(c2ncc(F)cn2)CC1. The molecule has 4 aromatic rings. The number of hydrazone groups is 2. The van der Waals surface area contributed by atoms with Crippen LogP contribution in [0.15, 0.2) is 95.7 Å². The van der Waals surface area contributed by atoms with Crippen LogP contribution in [-0.2, 0) is 9.59 Å². The van der Waals surface area contributed by atoms with E-state index in [1.165, 1.54) is 14.4 Å². The number of benzene rings is 2. The molecule has 4 aliphatic heterocycles. The number of hydrogen-bond acceptors (Lipinski definition) is 10. The van der Waals surface area contributed by atoms with Gasteiger partial charge in [0.05, 0.1) is 36.9 Å². The van der Waals surface area contributed by atoms with Crippen molar-refractivity contribution in [3.8, 4) is 0 Å². The number of alkyl halides is 2. The van der Waals surface area contributed by atoms with Crippen molar-refractivity contribution in [3.63, 3.8) is 0 Å². The van der Waals surface area contributed by atoms with Gasteiger partial charge in [-0.25, -0.2) is 51.9 Å². The van der Waals surface area contributed by atoms with Crippen LogP contribution in [0.3, 0.4) is 0 Å². The van der Waals surface area contributed by atoms with Gasteiger partial charge < -0.3 is 4.90 Å². The van der Waals surface area contributed by atoms with Gasteiger partial charge in [-0.05, 0) is 34.5 Å². The highest BCUT2D eigenvalue weighted by Crippen LogP contribution is 2.37. The molecular formula is C38H38Cl2F4N10O2. The minimum Gasteiger partial charge on any atom is -0.341 e. The summed E-state index contributed by atoms with van der Waals surface area (Å²) >= 11 is 11.1. The van der Waals surface area contributed by atoms with Gasteiger partial charge in [0.2, 0.25) is 11.2 Å². The van der Waals surface area contributed by atoms with E-state index in [9.17, 15) is 22.8 Å². The average Bonchev–Trinajstić information content (AvgIpc) is 3.93. The van der Waals surface area contributed by atoms with Gasteiger partial charge in [-0.2, -0.15) is 10.2 Å². The molecule has 8 rings (SSSR count). The second-order valence-electron chi connectivity index (χ2n) is 13.4. The van der Waals surface area contributed by atoms with Crippen molar-refractivity contribution in [1.82, 2.24) is 34.4 Å². The molecule has 0 spiro atoms. The normalized spacial score (nSPS) is 21.1. The molecule has 2 amide bonds. The Kier molecular flexibility index (Phi) is 13.2. The highest BCUT2D eigenvalue weighted by molar-refractivity contribution is 6.28. The molecule has 4 aliphatic rings. The van der Waals surface area contributed by atoms with Crippen molar-refractivity contribution in [2.75, 3.05) is 31.1 Å². The van der Waals surface area contributed by atoms with E-state index in [4.69, 9.17) is 23.4 Å². The summed E-state index contributed by atoms with van der Waals surface area (Å²) in [4.78, 5) is 41.8. The Labute approximate surface area is 331 Å². The molecule has 2 aromatic heterocycles. The smallest absolute Gasteiger partial charge is 0.281 e. The maximum atomic E-state index is 15.5. The Bertz CT molecular complexity index is 1950. The van der Waals surface area contributed by atoms with E-state index in [2.05, 4.69) is 30.1 Å². The summed E-state index contributed by atoms with van der Waals surface area (Å²) in [6, 6.07) is 18.6. The minimum atomic E-state index is -1.98. The third-order valence-corrected chi connectivity index (χ3v) is 10.3. The van der Waals surface area contributed by atoms with Gasteiger partial charge in [0.25, 0.3) is 11.8 Å². The lowest BCUT2D eigenvalue weighted by Gasteiger charge is -2.37. The van der Waals surface area contributed by atoms with Gasteiger partial charge in [-0.1, -0.05) is 60.7 Å². The van der Waals surface area contributed by atoms with Crippen molar-refractivity contribution in [2.45, 2.75) is 61.9 Å². The summed E-state index contributed by atoms with van der Waals surface area (Å²) < 4.78 is 56.8. The fraction of sp³-hybridized carbons (Fsp3) is 0.368. The van der Waals surface area contributed by atoms with E-state index in [-0.39, 0.29) is 56.1 Å². The number of anilines is 1.